The van der Waals surface area contributed by atoms with E-state index in [1.165, 1.54) is 0 Å². The summed E-state index contributed by atoms with van der Waals surface area (Å²) in [5, 5.41) is 1.74. The molecule has 1 N–H and O–H groups in total. The smallest absolute Gasteiger partial charge is 0.462 e. The van der Waals surface area contributed by atoms with Gasteiger partial charge in [-0.25, -0.2) is 4.79 Å². The molecule has 28 heavy (non-hydrogen) atoms. The lowest BCUT2D eigenvalue weighted by Gasteiger charge is -2.27. The molecule has 0 atom stereocenters. The number of fused-ring (bicyclic) bond motifs is 1. The second-order valence-electron chi connectivity index (χ2n) is 6.33. The summed E-state index contributed by atoms with van der Waals surface area (Å²) < 4.78 is 43.0. The molecular weight excluding hydrogens is 393 g/mol. The first-order chi connectivity index (χ1) is 13.3. The monoisotopic (exact) mass is 412 g/mol. The van der Waals surface area contributed by atoms with E-state index in [0.29, 0.717) is 31.6 Å². The fourth-order valence-electron chi connectivity index (χ4n) is 3.11. The summed E-state index contributed by atoms with van der Waals surface area (Å²) in [7, 11) is 0. The number of alkyl halides is 3. The lowest BCUT2D eigenvalue weighted by Crippen LogP contribution is -2.31. The Morgan fingerprint density at radius 2 is 1.96 bits per heavy atom. The van der Waals surface area contributed by atoms with E-state index in [-0.39, 0.29) is 17.2 Å². The van der Waals surface area contributed by atoms with E-state index in [1.54, 1.807) is 6.92 Å². The number of carbonyl (C=O) groups excluding carboxylic acids is 2. The van der Waals surface area contributed by atoms with Crippen molar-refractivity contribution in [1.29, 1.82) is 0 Å². The summed E-state index contributed by atoms with van der Waals surface area (Å²) >= 11 is 1.00. The largest absolute Gasteiger partial charge is 0.471 e. The van der Waals surface area contributed by atoms with E-state index in [0.717, 1.165) is 21.8 Å². The summed E-state index contributed by atoms with van der Waals surface area (Å²) in [5.74, 6) is -2.81. The average molecular weight is 412 g/mol. The molecule has 1 aromatic carbocycles. The quantitative estimate of drug-likeness (QED) is 0.755. The minimum Gasteiger partial charge on any atom is -0.462 e. The Balaban J connectivity index is 1.86. The molecule has 0 aliphatic carbocycles. The molecule has 0 radical (unpaired) electrons. The molecule has 5 nitrogen and oxygen atoms in total. The van der Waals surface area contributed by atoms with E-state index < -0.39 is 18.1 Å². The van der Waals surface area contributed by atoms with Gasteiger partial charge in [0.2, 0.25) is 0 Å². The first-order valence-electron chi connectivity index (χ1n) is 8.75. The zero-order chi connectivity index (χ0) is 20.3. The Bertz CT molecular complexity index is 865. The predicted octanol–water partition coefficient (Wildman–Crippen LogP) is 3.98. The van der Waals surface area contributed by atoms with Crippen LogP contribution in [0.2, 0.25) is 0 Å². The Kier molecular flexibility index (Phi) is 6.04. The zero-order valence-electron chi connectivity index (χ0n) is 15.1. The number of nitrogens with zero attached hydrogens (tertiary/aromatic N) is 1. The third-order valence-corrected chi connectivity index (χ3v) is 5.48. The van der Waals surface area contributed by atoms with E-state index in [1.807, 2.05) is 35.6 Å². The molecule has 0 unspecified atom stereocenters. The van der Waals surface area contributed by atoms with Gasteiger partial charge in [-0.05, 0) is 24.5 Å². The van der Waals surface area contributed by atoms with Crippen LogP contribution < -0.4 is 5.32 Å². The molecule has 2 aromatic rings. The van der Waals surface area contributed by atoms with Crippen molar-refractivity contribution in [3.8, 4) is 0 Å². The highest BCUT2D eigenvalue weighted by molar-refractivity contribution is 7.17. The summed E-state index contributed by atoms with van der Waals surface area (Å²) in [5.41, 5.74) is 1.82. The van der Waals surface area contributed by atoms with E-state index in [2.05, 4.69) is 4.90 Å². The van der Waals surface area contributed by atoms with Gasteiger partial charge in [0.15, 0.2) is 0 Å². The van der Waals surface area contributed by atoms with Gasteiger partial charge >= 0.3 is 18.1 Å². The van der Waals surface area contributed by atoms with E-state index in [9.17, 15) is 22.8 Å². The fraction of sp³-hybridized carbons (Fsp3) is 0.368. The van der Waals surface area contributed by atoms with Crippen LogP contribution in [0.3, 0.4) is 0 Å². The minimum atomic E-state index is -5.03. The molecular formula is C19H19F3N2O3S. The van der Waals surface area contributed by atoms with Gasteiger partial charge in [-0.2, -0.15) is 13.2 Å². The number of thiophene rings is 1. The van der Waals surface area contributed by atoms with Crippen molar-refractivity contribution in [3.05, 3.63) is 51.9 Å². The van der Waals surface area contributed by atoms with Crippen molar-refractivity contribution >= 4 is 28.2 Å². The molecule has 1 amide bonds. The SMILES string of the molecule is CCOC(=O)c1c(NC(=O)C(F)(F)F)sc2c1CCN(Cc1ccccc1)C2. The minimum absolute atomic E-state index is 0.0406. The number of benzene rings is 1. The number of amides is 1. The number of anilines is 1. The van der Waals surface area contributed by atoms with Gasteiger partial charge < -0.3 is 10.1 Å². The highest BCUT2D eigenvalue weighted by Gasteiger charge is 2.40. The number of hydrogen-bond donors (Lipinski definition) is 1. The lowest BCUT2D eigenvalue weighted by molar-refractivity contribution is -0.167. The first-order valence-corrected chi connectivity index (χ1v) is 9.57. The normalized spacial score (nSPS) is 14.4. The summed E-state index contributed by atoms with van der Waals surface area (Å²) in [4.78, 5) is 26.7. The van der Waals surface area contributed by atoms with Gasteiger partial charge in [0.1, 0.15) is 5.00 Å². The number of ether oxygens (including phenoxy) is 1. The molecule has 0 saturated heterocycles. The van der Waals surface area contributed by atoms with Crippen LogP contribution in [0.4, 0.5) is 18.2 Å². The second kappa shape index (κ2) is 8.32. The van der Waals surface area contributed by atoms with E-state index >= 15 is 0 Å². The molecule has 0 fully saturated rings. The number of hydrogen-bond acceptors (Lipinski definition) is 5. The second-order valence-corrected chi connectivity index (χ2v) is 7.43. The zero-order valence-corrected chi connectivity index (χ0v) is 16.0. The average Bonchev–Trinajstić information content (AvgIpc) is 2.99. The number of rotatable bonds is 5. The standard InChI is InChI=1S/C19H19F3N2O3S/c1-2-27-17(25)15-13-8-9-24(10-12-6-4-3-5-7-12)11-14(13)28-16(15)23-18(26)19(20,21)22/h3-7H,2,8-11H2,1H3,(H,23,26). The molecule has 0 saturated carbocycles. The van der Waals surface area contributed by atoms with Crippen LogP contribution in [0.25, 0.3) is 0 Å². The fourth-order valence-corrected chi connectivity index (χ4v) is 4.39. The maximum Gasteiger partial charge on any atom is 0.471 e. The van der Waals surface area contributed by atoms with Crippen molar-refractivity contribution < 1.29 is 27.5 Å². The highest BCUT2D eigenvalue weighted by Crippen LogP contribution is 2.38. The Hall–Kier alpha value is -2.39. The predicted molar refractivity (Wildman–Crippen MR) is 99.2 cm³/mol. The highest BCUT2D eigenvalue weighted by atomic mass is 32.1. The molecule has 1 aliphatic rings. The van der Waals surface area contributed by atoms with Crippen molar-refractivity contribution in [2.45, 2.75) is 32.6 Å². The van der Waals surface area contributed by atoms with Crippen LogP contribution in [-0.4, -0.2) is 36.1 Å². The number of carbonyl (C=O) groups is 2. The third-order valence-electron chi connectivity index (χ3n) is 4.35. The van der Waals surface area contributed by atoms with Gasteiger partial charge in [-0.15, -0.1) is 11.3 Å². The van der Waals surface area contributed by atoms with Gasteiger partial charge in [0, 0.05) is 24.5 Å². The van der Waals surface area contributed by atoms with Crippen molar-refractivity contribution in [2.75, 3.05) is 18.5 Å². The van der Waals surface area contributed by atoms with Crippen LogP contribution in [0.15, 0.2) is 30.3 Å². The van der Waals surface area contributed by atoms with Crippen molar-refractivity contribution in [1.82, 2.24) is 4.90 Å². The number of halogens is 3. The molecule has 1 aromatic heterocycles. The molecule has 3 rings (SSSR count). The lowest BCUT2D eigenvalue weighted by atomic mass is 10.0. The van der Waals surface area contributed by atoms with E-state index in [4.69, 9.17) is 4.74 Å². The van der Waals surface area contributed by atoms with Gasteiger partial charge in [0.05, 0.1) is 12.2 Å². The number of nitrogens with one attached hydrogen (secondary N) is 1. The molecule has 0 bridgehead atoms. The van der Waals surface area contributed by atoms with Crippen LogP contribution in [0, 0.1) is 0 Å². The summed E-state index contributed by atoms with van der Waals surface area (Å²) in [6.45, 7) is 3.54. The summed E-state index contributed by atoms with van der Waals surface area (Å²) in [6, 6.07) is 9.82. The maximum atomic E-state index is 12.7. The topological polar surface area (TPSA) is 58.6 Å². The Morgan fingerprint density at radius 1 is 1.25 bits per heavy atom. The van der Waals surface area contributed by atoms with Gasteiger partial charge in [-0.3, -0.25) is 9.69 Å². The summed E-state index contributed by atoms with van der Waals surface area (Å²) in [6.07, 6.45) is -4.54. The van der Waals surface area contributed by atoms with Crippen molar-refractivity contribution in [2.24, 2.45) is 0 Å². The maximum absolute atomic E-state index is 12.7. The molecule has 9 heteroatoms. The van der Waals surface area contributed by atoms with Gasteiger partial charge in [0.25, 0.3) is 0 Å². The Labute approximate surface area is 164 Å². The molecule has 150 valence electrons. The van der Waals surface area contributed by atoms with Crippen LogP contribution in [-0.2, 0) is 29.0 Å². The molecule has 0 spiro atoms. The van der Waals surface area contributed by atoms with Crippen molar-refractivity contribution in [3.63, 3.8) is 0 Å². The Morgan fingerprint density at radius 3 is 2.61 bits per heavy atom. The third kappa shape index (κ3) is 4.53. The molecule has 2 heterocycles. The first kappa shape index (κ1) is 20.3. The van der Waals surface area contributed by atoms with Crippen LogP contribution >= 0.6 is 11.3 Å². The number of esters is 1. The van der Waals surface area contributed by atoms with Crippen LogP contribution in [0.1, 0.15) is 33.3 Å². The molecule has 1 aliphatic heterocycles. The van der Waals surface area contributed by atoms with Crippen LogP contribution in [0.5, 0.6) is 0 Å². The van der Waals surface area contributed by atoms with Gasteiger partial charge in [-0.1, -0.05) is 30.3 Å².